The maximum Gasteiger partial charge on any atom is 0.274 e. The van der Waals surface area contributed by atoms with Gasteiger partial charge in [0.2, 0.25) is 0 Å². The molecule has 5 nitrogen and oxygen atoms in total. The lowest BCUT2D eigenvalue weighted by atomic mass is 10.4. The van der Waals surface area contributed by atoms with Crippen LogP contribution >= 0.6 is 11.3 Å². The van der Waals surface area contributed by atoms with Gasteiger partial charge in [-0.15, -0.1) is 11.3 Å². The molecule has 0 saturated heterocycles. The Labute approximate surface area is 96.9 Å². The van der Waals surface area contributed by atoms with Gasteiger partial charge >= 0.3 is 0 Å². The van der Waals surface area contributed by atoms with Gasteiger partial charge in [-0.3, -0.25) is 10.1 Å². The molecule has 2 aromatic rings. The van der Waals surface area contributed by atoms with Gasteiger partial charge in [-0.1, -0.05) is 0 Å². The number of rotatable bonds is 2. The molecule has 0 aromatic carbocycles. The number of aromatic nitrogens is 2. The summed E-state index contributed by atoms with van der Waals surface area (Å²) >= 11 is 1.40. The van der Waals surface area contributed by atoms with Gasteiger partial charge in [0.15, 0.2) is 5.13 Å². The third-order valence-corrected chi connectivity index (χ3v) is 2.97. The number of hydrogen-bond acceptors (Lipinski definition) is 4. The van der Waals surface area contributed by atoms with Crippen molar-refractivity contribution in [1.82, 2.24) is 9.55 Å². The van der Waals surface area contributed by atoms with E-state index in [1.54, 1.807) is 23.9 Å². The summed E-state index contributed by atoms with van der Waals surface area (Å²) in [6, 6.07) is 1.63. The van der Waals surface area contributed by atoms with Gasteiger partial charge in [0, 0.05) is 18.6 Å². The van der Waals surface area contributed by atoms with Crippen LogP contribution in [0.2, 0.25) is 0 Å². The fourth-order valence-corrected chi connectivity index (χ4v) is 2.07. The van der Waals surface area contributed by atoms with E-state index in [2.05, 4.69) is 10.3 Å². The van der Waals surface area contributed by atoms with Crippen LogP contribution in [0.25, 0.3) is 0 Å². The lowest BCUT2D eigenvalue weighted by Crippen LogP contribution is -2.15. The molecule has 0 aliphatic carbocycles. The van der Waals surface area contributed by atoms with Gasteiger partial charge < -0.3 is 10.3 Å². The van der Waals surface area contributed by atoms with E-state index in [-0.39, 0.29) is 5.91 Å². The van der Waals surface area contributed by atoms with Crippen molar-refractivity contribution in [3.05, 3.63) is 29.0 Å². The SMILES string of the molecule is Cc1csc(NC(=O)c2cc(N)cn2C)n1. The second-order valence-corrected chi connectivity index (χ2v) is 4.38. The summed E-state index contributed by atoms with van der Waals surface area (Å²) in [6.45, 7) is 1.88. The molecule has 6 heteroatoms. The monoisotopic (exact) mass is 236 g/mol. The second-order valence-electron chi connectivity index (χ2n) is 3.52. The number of anilines is 2. The number of carbonyl (C=O) groups excluding carboxylic acids is 1. The number of nitrogens with zero attached hydrogens (tertiary/aromatic N) is 2. The van der Waals surface area contributed by atoms with E-state index in [0.29, 0.717) is 16.5 Å². The molecule has 0 unspecified atom stereocenters. The summed E-state index contributed by atoms with van der Waals surface area (Å²) < 4.78 is 1.69. The molecular formula is C10H12N4OS. The summed E-state index contributed by atoms with van der Waals surface area (Å²) in [7, 11) is 1.78. The van der Waals surface area contributed by atoms with Crippen LogP contribution in [0.15, 0.2) is 17.6 Å². The Kier molecular flexibility index (Phi) is 2.66. The third kappa shape index (κ3) is 2.06. The minimum Gasteiger partial charge on any atom is -0.397 e. The van der Waals surface area contributed by atoms with Crippen LogP contribution in [0.5, 0.6) is 0 Å². The zero-order valence-electron chi connectivity index (χ0n) is 9.02. The summed E-state index contributed by atoms with van der Waals surface area (Å²) in [5.41, 5.74) is 7.59. The van der Waals surface area contributed by atoms with Crippen LogP contribution in [0, 0.1) is 6.92 Å². The van der Waals surface area contributed by atoms with Crippen molar-refractivity contribution in [2.45, 2.75) is 6.92 Å². The third-order valence-electron chi connectivity index (χ3n) is 2.10. The van der Waals surface area contributed by atoms with Crippen molar-refractivity contribution in [2.75, 3.05) is 11.1 Å². The lowest BCUT2D eigenvalue weighted by Gasteiger charge is -2.02. The summed E-state index contributed by atoms with van der Waals surface area (Å²) in [4.78, 5) is 16.0. The summed E-state index contributed by atoms with van der Waals surface area (Å²) in [6.07, 6.45) is 1.70. The Balaban J connectivity index is 2.17. The number of nitrogens with two attached hydrogens (primary N) is 1. The van der Waals surface area contributed by atoms with Crippen LogP contribution in [-0.2, 0) is 7.05 Å². The van der Waals surface area contributed by atoms with Crippen LogP contribution in [0.4, 0.5) is 10.8 Å². The summed E-state index contributed by atoms with van der Waals surface area (Å²) in [5.74, 6) is -0.200. The normalized spacial score (nSPS) is 10.4. The zero-order valence-corrected chi connectivity index (χ0v) is 9.84. The fraction of sp³-hybridized carbons (Fsp3) is 0.200. The first-order chi connectivity index (χ1) is 7.56. The molecule has 2 rings (SSSR count). The maximum absolute atomic E-state index is 11.8. The fourth-order valence-electron chi connectivity index (χ4n) is 1.39. The number of amides is 1. The van der Waals surface area contributed by atoms with Crippen LogP contribution in [0.1, 0.15) is 16.2 Å². The highest BCUT2D eigenvalue weighted by Crippen LogP contribution is 2.16. The number of carbonyl (C=O) groups is 1. The predicted molar refractivity (Wildman–Crippen MR) is 64.6 cm³/mol. The Morgan fingerprint density at radius 3 is 2.88 bits per heavy atom. The smallest absolute Gasteiger partial charge is 0.274 e. The molecule has 0 aliphatic rings. The minimum absolute atomic E-state index is 0.200. The largest absolute Gasteiger partial charge is 0.397 e. The molecule has 0 saturated carbocycles. The highest BCUT2D eigenvalue weighted by molar-refractivity contribution is 7.13. The van der Waals surface area contributed by atoms with Gasteiger partial charge in [0.05, 0.1) is 11.4 Å². The molecule has 0 aliphatic heterocycles. The molecule has 0 spiro atoms. The second kappa shape index (κ2) is 3.97. The standard InChI is InChI=1S/C10H12N4OS/c1-6-5-16-10(12-6)13-9(15)8-3-7(11)4-14(8)2/h3-5H,11H2,1-2H3,(H,12,13,15). The molecule has 16 heavy (non-hydrogen) atoms. The number of nitrogen functional groups attached to an aromatic ring is 1. The van der Waals surface area contributed by atoms with Gasteiger partial charge in [0.25, 0.3) is 5.91 Å². The number of nitrogens with one attached hydrogen (secondary N) is 1. The van der Waals surface area contributed by atoms with Gasteiger partial charge in [-0.25, -0.2) is 4.98 Å². The van der Waals surface area contributed by atoms with Crippen LogP contribution in [0.3, 0.4) is 0 Å². The minimum atomic E-state index is -0.200. The Bertz CT molecular complexity index is 529. The van der Waals surface area contributed by atoms with Gasteiger partial charge in [-0.05, 0) is 13.0 Å². The molecular weight excluding hydrogens is 224 g/mol. The van der Waals surface area contributed by atoms with Crippen molar-refractivity contribution < 1.29 is 4.79 Å². The molecule has 0 fully saturated rings. The highest BCUT2D eigenvalue weighted by Gasteiger charge is 2.12. The topological polar surface area (TPSA) is 72.9 Å². The molecule has 0 atom stereocenters. The number of hydrogen-bond donors (Lipinski definition) is 2. The number of thiazole rings is 1. The quantitative estimate of drug-likeness (QED) is 0.832. The van der Waals surface area contributed by atoms with Crippen LogP contribution < -0.4 is 11.1 Å². The highest BCUT2D eigenvalue weighted by atomic mass is 32.1. The van der Waals surface area contributed by atoms with Gasteiger partial charge in [0.1, 0.15) is 5.69 Å². The van der Waals surface area contributed by atoms with E-state index in [9.17, 15) is 4.79 Å². The Hall–Kier alpha value is -1.82. The maximum atomic E-state index is 11.8. The van der Waals surface area contributed by atoms with Gasteiger partial charge in [-0.2, -0.15) is 0 Å². The average Bonchev–Trinajstić information content (AvgIpc) is 2.73. The van der Waals surface area contributed by atoms with Crippen LogP contribution in [-0.4, -0.2) is 15.5 Å². The predicted octanol–water partition coefficient (Wildman–Crippen LogP) is 1.62. The first kappa shape index (κ1) is 10.7. The van der Waals surface area contributed by atoms with Crippen molar-refractivity contribution >= 4 is 28.1 Å². The van der Waals surface area contributed by atoms with E-state index in [4.69, 9.17) is 5.73 Å². The molecule has 0 radical (unpaired) electrons. The number of aryl methyl sites for hydroxylation is 2. The van der Waals surface area contributed by atoms with E-state index < -0.39 is 0 Å². The molecule has 0 bridgehead atoms. The summed E-state index contributed by atoms with van der Waals surface area (Å²) in [5, 5.41) is 5.21. The molecule has 1 amide bonds. The molecule has 84 valence electrons. The van der Waals surface area contributed by atoms with E-state index in [1.807, 2.05) is 12.3 Å². The first-order valence-corrected chi connectivity index (χ1v) is 5.59. The first-order valence-electron chi connectivity index (χ1n) is 4.71. The Morgan fingerprint density at radius 2 is 2.38 bits per heavy atom. The lowest BCUT2D eigenvalue weighted by molar-refractivity contribution is 0.101. The molecule has 3 N–H and O–H groups in total. The zero-order chi connectivity index (χ0) is 11.7. The molecule has 2 heterocycles. The average molecular weight is 236 g/mol. The van der Waals surface area contributed by atoms with E-state index in [0.717, 1.165) is 5.69 Å². The van der Waals surface area contributed by atoms with E-state index >= 15 is 0 Å². The van der Waals surface area contributed by atoms with Crippen molar-refractivity contribution in [3.8, 4) is 0 Å². The van der Waals surface area contributed by atoms with Crippen molar-refractivity contribution in [1.29, 1.82) is 0 Å². The van der Waals surface area contributed by atoms with E-state index in [1.165, 1.54) is 11.3 Å². The Morgan fingerprint density at radius 1 is 1.62 bits per heavy atom. The molecule has 2 aromatic heterocycles. The van der Waals surface area contributed by atoms with Crippen molar-refractivity contribution in [2.24, 2.45) is 7.05 Å². The van der Waals surface area contributed by atoms with Crippen molar-refractivity contribution in [3.63, 3.8) is 0 Å².